The number of carbonyl (C=O) groups is 1. The van der Waals surface area contributed by atoms with E-state index in [1.165, 1.54) is 0 Å². The third-order valence-corrected chi connectivity index (χ3v) is 1.33. The molecule has 0 aliphatic heterocycles. The number of thioether (sulfide) groups is 1. The largest absolute Gasteiger partial charge is 0.481 e. The Kier molecular flexibility index (Phi) is 3.64. The highest BCUT2D eigenvalue weighted by Gasteiger charge is 2.05. The lowest BCUT2D eigenvalue weighted by Gasteiger charge is -1.99. The fourth-order valence-corrected chi connectivity index (χ4v) is 0.542. The number of aliphatic carboxylic acids is 1. The molecule has 0 aromatic heterocycles. The smallest absolute Gasteiger partial charge is 0.306 e. The predicted molar refractivity (Wildman–Crippen MR) is 31.8 cm³/mol. The van der Waals surface area contributed by atoms with Crippen molar-refractivity contribution < 1.29 is 15.0 Å². The van der Waals surface area contributed by atoms with Crippen LogP contribution in [0.3, 0.4) is 0 Å². The summed E-state index contributed by atoms with van der Waals surface area (Å²) in [6.45, 7) is 0. The van der Waals surface area contributed by atoms with Crippen LogP contribution in [0.15, 0.2) is 0 Å². The standard InChI is InChI=1S/C4H8O3S/c1-8-4(7)2-3(5)6/h4,7H,2H2,1H3,(H,5,6). The van der Waals surface area contributed by atoms with Gasteiger partial charge in [-0.15, -0.1) is 11.8 Å². The summed E-state index contributed by atoms with van der Waals surface area (Å²) < 4.78 is 0. The first-order chi connectivity index (χ1) is 3.66. The molecule has 0 aliphatic carbocycles. The monoisotopic (exact) mass is 136 g/mol. The zero-order valence-electron chi connectivity index (χ0n) is 4.50. The number of hydrogen-bond donors (Lipinski definition) is 2. The molecule has 0 saturated carbocycles. The van der Waals surface area contributed by atoms with Gasteiger partial charge in [0.15, 0.2) is 0 Å². The highest BCUT2D eigenvalue weighted by atomic mass is 32.2. The van der Waals surface area contributed by atoms with Gasteiger partial charge < -0.3 is 10.2 Å². The predicted octanol–water partition coefficient (Wildman–Crippen LogP) is 0.142. The molecule has 4 heteroatoms. The van der Waals surface area contributed by atoms with Gasteiger partial charge in [0.05, 0.1) is 6.42 Å². The van der Waals surface area contributed by atoms with Crippen LogP contribution in [0.2, 0.25) is 0 Å². The van der Waals surface area contributed by atoms with E-state index in [0.29, 0.717) is 0 Å². The Morgan fingerprint density at radius 3 is 2.50 bits per heavy atom. The molecule has 3 nitrogen and oxygen atoms in total. The molecule has 1 atom stereocenters. The van der Waals surface area contributed by atoms with Crippen LogP contribution in [-0.4, -0.2) is 27.9 Å². The average Bonchev–Trinajstić information content (AvgIpc) is 1.65. The van der Waals surface area contributed by atoms with Crippen LogP contribution in [0, 0.1) is 0 Å². The van der Waals surface area contributed by atoms with Gasteiger partial charge in [0.25, 0.3) is 0 Å². The second kappa shape index (κ2) is 3.74. The molecule has 0 radical (unpaired) electrons. The maximum atomic E-state index is 9.80. The quantitative estimate of drug-likeness (QED) is 0.542. The third kappa shape index (κ3) is 3.95. The Morgan fingerprint density at radius 2 is 2.38 bits per heavy atom. The Bertz CT molecular complexity index is 83.4. The lowest BCUT2D eigenvalue weighted by atomic mass is 10.5. The lowest BCUT2D eigenvalue weighted by molar-refractivity contribution is -0.138. The van der Waals surface area contributed by atoms with E-state index in [0.717, 1.165) is 11.8 Å². The summed E-state index contributed by atoms with van der Waals surface area (Å²) >= 11 is 1.13. The van der Waals surface area contributed by atoms with Gasteiger partial charge in [-0.1, -0.05) is 0 Å². The molecule has 0 heterocycles. The molecule has 1 unspecified atom stereocenters. The van der Waals surface area contributed by atoms with Gasteiger partial charge >= 0.3 is 5.97 Å². The number of aliphatic hydroxyl groups is 1. The zero-order valence-corrected chi connectivity index (χ0v) is 5.31. The first-order valence-electron chi connectivity index (χ1n) is 2.09. The molecule has 0 aromatic rings. The van der Waals surface area contributed by atoms with E-state index in [-0.39, 0.29) is 6.42 Å². The summed E-state index contributed by atoms with van der Waals surface area (Å²) in [5.41, 5.74) is -0.757. The topological polar surface area (TPSA) is 57.5 Å². The van der Waals surface area contributed by atoms with Gasteiger partial charge in [-0.05, 0) is 6.26 Å². The van der Waals surface area contributed by atoms with E-state index in [1.54, 1.807) is 6.26 Å². The Labute approximate surface area is 51.7 Å². The minimum atomic E-state index is -0.966. The van der Waals surface area contributed by atoms with E-state index in [2.05, 4.69) is 0 Å². The van der Waals surface area contributed by atoms with Crippen LogP contribution < -0.4 is 0 Å². The van der Waals surface area contributed by atoms with Gasteiger partial charge in [0, 0.05) is 0 Å². The second-order valence-electron chi connectivity index (χ2n) is 1.29. The molecule has 0 aliphatic rings. The van der Waals surface area contributed by atoms with Crippen molar-refractivity contribution in [1.82, 2.24) is 0 Å². The molecule has 0 rings (SSSR count). The number of carboxylic acids is 1. The van der Waals surface area contributed by atoms with Crippen molar-refractivity contribution in [2.45, 2.75) is 11.9 Å². The van der Waals surface area contributed by atoms with E-state index in [1.807, 2.05) is 0 Å². The second-order valence-corrected chi connectivity index (χ2v) is 2.30. The Hall–Kier alpha value is -0.220. The molecule has 0 spiro atoms. The van der Waals surface area contributed by atoms with E-state index < -0.39 is 11.4 Å². The third-order valence-electron chi connectivity index (χ3n) is 0.621. The number of carboxylic acid groups (broad SMARTS) is 1. The van der Waals surface area contributed by atoms with Crippen molar-refractivity contribution in [3.63, 3.8) is 0 Å². The highest BCUT2D eigenvalue weighted by Crippen LogP contribution is 2.05. The molecule has 48 valence electrons. The van der Waals surface area contributed by atoms with Gasteiger partial charge in [-0.2, -0.15) is 0 Å². The van der Waals surface area contributed by atoms with Gasteiger partial charge in [0.2, 0.25) is 0 Å². The van der Waals surface area contributed by atoms with Crippen LogP contribution in [-0.2, 0) is 4.79 Å². The van der Waals surface area contributed by atoms with Crippen LogP contribution in [0.25, 0.3) is 0 Å². The van der Waals surface area contributed by atoms with E-state index in [4.69, 9.17) is 10.2 Å². The van der Waals surface area contributed by atoms with Gasteiger partial charge in [-0.25, -0.2) is 0 Å². The first kappa shape index (κ1) is 7.78. The van der Waals surface area contributed by atoms with Crippen molar-refractivity contribution in [3.8, 4) is 0 Å². The number of rotatable bonds is 3. The molecule has 0 bridgehead atoms. The maximum Gasteiger partial charge on any atom is 0.306 e. The normalized spacial score (nSPS) is 13.2. The molecular weight excluding hydrogens is 128 g/mol. The summed E-state index contributed by atoms with van der Waals surface area (Å²) in [6, 6.07) is 0. The zero-order chi connectivity index (χ0) is 6.57. The molecular formula is C4H8O3S. The summed E-state index contributed by atoms with van der Waals surface area (Å²) in [5, 5.41) is 16.7. The van der Waals surface area contributed by atoms with Crippen molar-refractivity contribution in [3.05, 3.63) is 0 Å². The maximum absolute atomic E-state index is 9.80. The Morgan fingerprint density at radius 1 is 1.88 bits per heavy atom. The first-order valence-corrected chi connectivity index (χ1v) is 3.38. The number of aliphatic hydroxyl groups excluding tert-OH is 1. The summed E-state index contributed by atoms with van der Waals surface area (Å²) in [5.74, 6) is -0.966. The number of hydrogen-bond acceptors (Lipinski definition) is 3. The fraction of sp³-hybridized carbons (Fsp3) is 0.750. The fourth-order valence-electron chi connectivity index (χ4n) is 0.233. The molecule has 2 N–H and O–H groups in total. The van der Waals surface area contributed by atoms with Crippen molar-refractivity contribution >= 4 is 17.7 Å². The SMILES string of the molecule is CSC(O)CC(=O)O. The summed E-state index contributed by atoms with van der Waals surface area (Å²) in [4.78, 5) is 9.80. The average molecular weight is 136 g/mol. The minimum Gasteiger partial charge on any atom is -0.481 e. The summed E-state index contributed by atoms with van der Waals surface area (Å²) in [6.07, 6.45) is 1.48. The van der Waals surface area contributed by atoms with Gasteiger partial charge in [0.1, 0.15) is 5.44 Å². The lowest BCUT2D eigenvalue weighted by Crippen LogP contribution is -2.07. The van der Waals surface area contributed by atoms with Crippen molar-refractivity contribution in [2.24, 2.45) is 0 Å². The van der Waals surface area contributed by atoms with Crippen LogP contribution >= 0.6 is 11.8 Å². The van der Waals surface area contributed by atoms with Crippen LogP contribution in [0.1, 0.15) is 6.42 Å². The highest BCUT2D eigenvalue weighted by molar-refractivity contribution is 7.99. The molecule has 8 heavy (non-hydrogen) atoms. The Balaban J connectivity index is 3.24. The molecule has 0 aromatic carbocycles. The molecule has 0 saturated heterocycles. The van der Waals surface area contributed by atoms with Crippen LogP contribution in [0.4, 0.5) is 0 Å². The van der Waals surface area contributed by atoms with Crippen molar-refractivity contribution in [1.29, 1.82) is 0 Å². The van der Waals surface area contributed by atoms with E-state index in [9.17, 15) is 4.79 Å². The molecule has 0 amide bonds. The van der Waals surface area contributed by atoms with Crippen LogP contribution in [0.5, 0.6) is 0 Å². The molecule has 0 fully saturated rings. The van der Waals surface area contributed by atoms with Crippen molar-refractivity contribution in [2.75, 3.05) is 6.26 Å². The van der Waals surface area contributed by atoms with E-state index >= 15 is 0 Å². The summed E-state index contributed by atoms with van der Waals surface area (Å²) in [7, 11) is 0. The van der Waals surface area contributed by atoms with Gasteiger partial charge in [-0.3, -0.25) is 4.79 Å². The minimum absolute atomic E-state index is 0.179.